The van der Waals surface area contributed by atoms with Crippen LogP contribution in [0.15, 0.2) is 0 Å². The summed E-state index contributed by atoms with van der Waals surface area (Å²) in [7, 11) is 0. The van der Waals surface area contributed by atoms with E-state index in [1.54, 1.807) is 0 Å². The molecule has 0 rings (SSSR count). The third kappa shape index (κ3) is 15.1. The van der Waals surface area contributed by atoms with Crippen LogP contribution in [-0.4, -0.2) is 51.0 Å². The van der Waals surface area contributed by atoms with Gasteiger partial charge in [0.05, 0.1) is 0 Å². The second-order valence-corrected chi connectivity index (χ2v) is 5.42. The molecule has 5 N–H and O–H groups in total. The molecule has 6 nitrogen and oxygen atoms in total. The third-order valence-electron chi connectivity index (χ3n) is 2.23. The van der Waals surface area contributed by atoms with Crippen LogP contribution in [0.3, 0.4) is 0 Å². The zero-order chi connectivity index (χ0) is 14.6. The topological polar surface area (TPSA) is 88.4 Å². The molecule has 0 spiro atoms. The van der Waals surface area contributed by atoms with Crippen molar-refractivity contribution in [2.45, 2.75) is 39.2 Å². The van der Waals surface area contributed by atoms with Crippen molar-refractivity contribution in [2.24, 2.45) is 5.73 Å². The highest BCUT2D eigenvalue weighted by Crippen LogP contribution is 2.06. The maximum Gasteiger partial charge on any atom is 0.407 e. The SMILES string of the molecule is CC(C)(C)OC(=O)NCCCNCCNCCCN. The van der Waals surface area contributed by atoms with E-state index in [0.717, 1.165) is 45.6 Å². The van der Waals surface area contributed by atoms with E-state index in [1.165, 1.54) is 0 Å². The Kier molecular flexibility index (Phi) is 10.5. The Morgan fingerprint density at radius 1 is 1.00 bits per heavy atom. The van der Waals surface area contributed by atoms with Crippen LogP contribution in [0.25, 0.3) is 0 Å². The lowest BCUT2D eigenvalue weighted by atomic mass is 10.2. The minimum Gasteiger partial charge on any atom is -0.444 e. The van der Waals surface area contributed by atoms with Crippen LogP contribution in [0.4, 0.5) is 4.79 Å². The van der Waals surface area contributed by atoms with Gasteiger partial charge in [0, 0.05) is 19.6 Å². The van der Waals surface area contributed by atoms with Gasteiger partial charge in [0.2, 0.25) is 0 Å². The average molecular weight is 274 g/mol. The zero-order valence-electron chi connectivity index (χ0n) is 12.6. The molecular formula is C13H30N4O2. The second-order valence-electron chi connectivity index (χ2n) is 5.42. The summed E-state index contributed by atoms with van der Waals surface area (Å²) in [4.78, 5) is 11.3. The summed E-state index contributed by atoms with van der Waals surface area (Å²) in [5.74, 6) is 0. The van der Waals surface area contributed by atoms with Crippen LogP contribution < -0.4 is 21.7 Å². The van der Waals surface area contributed by atoms with Crippen molar-refractivity contribution in [3.63, 3.8) is 0 Å². The van der Waals surface area contributed by atoms with Gasteiger partial charge in [-0.1, -0.05) is 0 Å². The predicted molar refractivity (Wildman–Crippen MR) is 78.3 cm³/mol. The highest BCUT2D eigenvalue weighted by Gasteiger charge is 2.15. The Bertz CT molecular complexity index is 229. The number of rotatable bonds is 10. The molecule has 0 saturated carbocycles. The van der Waals surface area contributed by atoms with E-state index in [2.05, 4.69) is 16.0 Å². The van der Waals surface area contributed by atoms with E-state index in [0.29, 0.717) is 6.54 Å². The summed E-state index contributed by atoms with van der Waals surface area (Å²) in [6, 6.07) is 0. The van der Waals surface area contributed by atoms with Gasteiger partial charge in [0.1, 0.15) is 5.60 Å². The van der Waals surface area contributed by atoms with Crippen LogP contribution in [0.2, 0.25) is 0 Å². The number of nitrogens with one attached hydrogen (secondary N) is 3. The van der Waals surface area contributed by atoms with Crippen LogP contribution in [0.5, 0.6) is 0 Å². The van der Waals surface area contributed by atoms with Gasteiger partial charge in [-0.25, -0.2) is 4.79 Å². The van der Waals surface area contributed by atoms with E-state index >= 15 is 0 Å². The van der Waals surface area contributed by atoms with Crippen LogP contribution in [0, 0.1) is 0 Å². The molecule has 0 aromatic rings. The van der Waals surface area contributed by atoms with E-state index in [1.807, 2.05) is 20.8 Å². The van der Waals surface area contributed by atoms with Gasteiger partial charge in [-0.05, 0) is 53.2 Å². The van der Waals surface area contributed by atoms with Crippen molar-refractivity contribution in [3.8, 4) is 0 Å². The van der Waals surface area contributed by atoms with Crippen molar-refractivity contribution < 1.29 is 9.53 Å². The molecule has 0 aromatic carbocycles. The number of amides is 1. The first kappa shape index (κ1) is 18.1. The maximum atomic E-state index is 11.3. The van der Waals surface area contributed by atoms with Gasteiger partial charge in [-0.15, -0.1) is 0 Å². The minimum absolute atomic E-state index is 0.351. The molecule has 0 aliphatic rings. The number of carbonyl (C=O) groups excluding carboxylic acids is 1. The van der Waals surface area contributed by atoms with Gasteiger partial charge in [0.15, 0.2) is 0 Å². The number of carbonyl (C=O) groups is 1. The van der Waals surface area contributed by atoms with E-state index < -0.39 is 5.60 Å². The fraction of sp³-hybridized carbons (Fsp3) is 0.923. The summed E-state index contributed by atoms with van der Waals surface area (Å²) >= 11 is 0. The molecule has 0 aliphatic heterocycles. The highest BCUT2D eigenvalue weighted by molar-refractivity contribution is 5.67. The van der Waals surface area contributed by atoms with Crippen LogP contribution in [0.1, 0.15) is 33.6 Å². The molecule has 0 saturated heterocycles. The van der Waals surface area contributed by atoms with Crippen molar-refractivity contribution in [1.29, 1.82) is 0 Å². The second kappa shape index (κ2) is 11.0. The first-order valence-corrected chi connectivity index (χ1v) is 7.04. The fourth-order valence-electron chi connectivity index (χ4n) is 1.37. The molecule has 0 fully saturated rings. The predicted octanol–water partition coefficient (Wildman–Crippen LogP) is 0.429. The van der Waals surface area contributed by atoms with Gasteiger partial charge in [0.25, 0.3) is 0 Å². The summed E-state index contributed by atoms with van der Waals surface area (Å²) in [6.07, 6.45) is 1.55. The average Bonchev–Trinajstić information content (AvgIpc) is 2.29. The van der Waals surface area contributed by atoms with Crippen molar-refractivity contribution in [1.82, 2.24) is 16.0 Å². The molecule has 0 unspecified atom stereocenters. The van der Waals surface area contributed by atoms with Crippen LogP contribution >= 0.6 is 0 Å². The maximum absolute atomic E-state index is 11.3. The number of nitrogens with two attached hydrogens (primary N) is 1. The van der Waals surface area contributed by atoms with Crippen LogP contribution in [-0.2, 0) is 4.74 Å². The molecule has 0 aliphatic carbocycles. The summed E-state index contributed by atoms with van der Waals surface area (Å²) < 4.78 is 5.13. The summed E-state index contributed by atoms with van der Waals surface area (Å²) in [5.41, 5.74) is 4.95. The standard InChI is InChI=1S/C13H30N4O2/c1-13(2,3)19-12(18)17-9-5-8-16-11-10-15-7-4-6-14/h15-16H,4-11,14H2,1-3H3,(H,17,18). The minimum atomic E-state index is -0.433. The van der Waals surface area contributed by atoms with Gasteiger partial charge in [-0.3, -0.25) is 0 Å². The molecule has 114 valence electrons. The monoisotopic (exact) mass is 274 g/mol. The largest absolute Gasteiger partial charge is 0.444 e. The molecule has 0 atom stereocenters. The van der Waals surface area contributed by atoms with Gasteiger partial charge < -0.3 is 26.4 Å². The van der Waals surface area contributed by atoms with Crippen molar-refractivity contribution in [2.75, 3.05) is 39.3 Å². The Morgan fingerprint density at radius 3 is 2.11 bits per heavy atom. The summed E-state index contributed by atoms with van der Waals surface area (Å²) in [5, 5.41) is 9.31. The first-order chi connectivity index (χ1) is 8.95. The molecular weight excluding hydrogens is 244 g/mol. The Morgan fingerprint density at radius 2 is 1.58 bits per heavy atom. The molecule has 1 amide bonds. The number of hydrogen-bond acceptors (Lipinski definition) is 5. The number of hydrogen-bond donors (Lipinski definition) is 4. The quantitative estimate of drug-likeness (QED) is 0.434. The first-order valence-electron chi connectivity index (χ1n) is 7.04. The normalized spacial score (nSPS) is 11.4. The Labute approximate surface area is 116 Å². The van der Waals surface area contributed by atoms with E-state index in [4.69, 9.17) is 10.5 Å². The fourth-order valence-corrected chi connectivity index (χ4v) is 1.37. The van der Waals surface area contributed by atoms with Crippen molar-refractivity contribution >= 4 is 6.09 Å². The number of ether oxygens (including phenoxy) is 1. The van der Waals surface area contributed by atoms with Gasteiger partial charge >= 0.3 is 6.09 Å². The number of alkyl carbamates (subject to hydrolysis) is 1. The van der Waals surface area contributed by atoms with E-state index in [-0.39, 0.29) is 6.09 Å². The molecule has 0 heterocycles. The Hall–Kier alpha value is -0.850. The lowest BCUT2D eigenvalue weighted by Gasteiger charge is -2.19. The Balaban J connectivity index is 3.21. The summed E-state index contributed by atoms with van der Waals surface area (Å²) in [6.45, 7) is 10.6. The molecule has 0 aromatic heterocycles. The smallest absolute Gasteiger partial charge is 0.407 e. The van der Waals surface area contributed by atoms with Crippen molar-refractivity contribution in [3.05, 3.63) is 0 Å². The molecule has 6 heteroatoms. The third-order valence-corrected chi connectivity index (χ3v) is 2.23. The molecule has 0 bridgehead atoms. The zero-order valence-corrected chi connectivity index (χ0v) is 12.6. The molecule has 0 radical (unpaired) electrons. The van der Waals surface area contributed by atoms with Gasteiger partial charge in [-0.2, -0.15) is 0 Å². The highest BCUT2D eigenvalue weighted by atomic mass is 16.6. The lowest BCUT2D eigenvalue weighted by Crippen LogP contribution is -2.34. The lowest BCUT2D eigenvalue weighted by molar-refractivity contribution is 0.0527. The van der Waals surface area contributed by atoms with E-state index in [9.17, 15) is 4.79 Å². The molecule has 19 heavy (non-hydrogen) atoms.